The zero-order valence-electron chi connectivity index (χ0n) is 16.2. The maximum atomic E-state index is 13.2. The molecule has 0 aliphatic carbocycles. The Bertz CT molecular complexity index is 1100. The number of rotatable bonds is 6. The fourth-order valence-corrected chi connectivity index (χ4v) is 3.82. The highest BCUT2D eigenvalue weighted by atomic mass is 16.5. The molecule has 0 unspecified atom stereocenters. The van der Waals surface area contributed by atoms with Crippen LogP contribution in [0.1, 0.15) is 29.3 Å². The van der Waals surface area contributed by atoms with Gasteiger partial charge < -0.3 is 15.0 Å². The molecule has 148 valence electrons. The standard InChI is InChI=1S/C22H21N3O4/c1-3-22(14-8-10-15(29-2)11-9-14)20(27)25(21(28)24-22)13-19(26)17-12-23-18-7-5-4-6-16(17)18/h4-12,23H,3,13H2,1-2H3,(H,24,28)/t22-/m1/s1. The van der Waals surface area contributed by atoms with Gasteiger partial charge >= 0.3 is 6.03 Å². The number of Topliss-reactive ketones (excluding diaryl/α,β-unsaturated/α-hetero) is 1. The van der Waals surface area contributed by atoms with Crippen LogP contribution in [0.5, 0.6) is 5.75 Å². The number of H-pyrrole nitrogens is 1. The number of amides is 3. The van der Waals surface area contributed by atoms with Gasteiger partial charge in [0, 0.05) is 22.7 Å². The van der Waals surface area contributed by atoms with Gasteiger partial charge in [-0.3, -0.25) is 14.5 Å². The first-order valence-corrected chi connectivity index (χ1v) is 9.38. The number of nitrogens with zero attached hydrogens (tertiary/aromatic N) is 1. The number of hydrogen-bond donors (Lipinski definition) is 2. The Balaban J connectivity index is 1.62. The molecule has 3 amide bonds. The van der Waals surface area contributed by atoms with E-state index in [2.05, 4.69) is 10.3 Å². The first kappa shape index (κ1) is 18.7. The number of carbonyl (C=O) groups is 3. The van der Waals surface area contributed by atoms with Crippen LogP contribution in [0.2, 0.25) is 0 Å². The molecule has 0 bridgehead atoms. The lowest BCUT2D eigenvalue weighted by atomic mass is 9.87. The molecule has 2 aromatic carbocycles. The average Bonchev–Trinajstić information content (AvgIpc) is 3.29. The number of hydrogen-bond acceptors (Lipinski definition) is 4. The number of imide groups is 1. The van der Waals surface area contributed by atoms with Gasteiger partial charge in [-0.2, -0.15) is 0 Å². The van der Waals surface area contributed by atoms with Crippen molar-refractivity contribution < 1.29 is 19.1 Å². The largest absolute Gasteiger partial charge is 0.497 e. The van der Waals surface area contributed by atoms with Crippen molar-refractivity contribution in [3.05, 3.63) is 65.9 Å². The number of methoxy groups -OCH3 is 1. The van der Waals surface area contributed by atoms with E-state index in [9.17, 15) is 14.4 Å². The fraction of sp³-hybridized carbons (Fsp3) is 0.227. The van der Waals surface area contributed by atoms with E-state index < -0.39 is 17.5 Å². The van der Waals surface area contributed by atoms with Gasteiger partial charge in [0.15, 0.2) is 5.78 Å². The lowest BCUT2D eigenvalue weighted by Crippen LogP contribution is -2.43. The molecule has 1 fully saturated rings. The summed E-state index contributed by atoms with van der Waals surface area (Å²) >= 11 is 0. The highest BCUT2D eigenvalue weighted by molar-refractivity contribution is 6.14. The normalized spacial score (nSPS) is 18.9. The minimum absolute atomic E-state index is 0.299. The molecule has 1 aliphatic rings. The Morgan fingerprint density at radius 1 is 1.10 bits per heavy atom. The Hall–Kier alpha value is -3.61. The van der Waals surface area contributed by atoms with E-state index in [1.165, 1.54) is 0 Å². The van der Waals surface area contributed by atoms with Crippen molar-refractivity contribution in [2.45, 2.75) is 18.9 Å². The topological polar surface area (TPSA) is 91.5 Å². The molecule has 4 rings (SSSR count). The summed E-state index contributed by atoms with van der Waals surface area (Å²) in [4.78, 5) is 42.8. The van der Waals surface area contributed by atoms with Gasteiger partial charge in [-0.1, -0.05) is 37.3 Å². The smallest absolute Gasteiger partial charge is 0.325 e. The lowest BCUT2D eigenvalue weighted by Gasteiger charge is -2.25. The summed E-state index contributed by atoms with van der Waals surface area (Å²) in [6.07, 6.45) is 1.98. The molecule has 2 N–H and O–H groups in total. The predicted molar refractivity (Wildman–Crippen MR) is 108 cm³/mol. The number of ketones is 1. The van der Waals surface area contributed by atoms with Crippen LogP contribution in [0.25, 0.3) is 10.9 Å². The molecule has 0 radical (unpaired) electrons. The molecule has 29 heavy (non-hydrogen) atoms. The minimum Gasteiger partial charge on any atom is -0.497 e. The second-order valence-corrected chi connectivity index (χ2v) is 6.98. The fourth-order valence-electron chi connectivity index (χ4n) is 3.82. The molecule has 7 nitrogen and oxygen atoms in total. The summed E-state index contributed by atoms with van der Waals surface area (Å²) in [6.45, 7) is 1.51. The molecule has 0 saturated carbocycles. The lowest BCUT2D eigenvalue weighted by molar-refractivity contribution is -0.131. The first-order chi connectivity index (χ1) is 14.0. The maximum absolute atomic E-state index is 13.2. The van der Waals surface area contributed by atoms with Crippen molar-refractivity contribution in [3.63, 3.8) is 0 Å². The van der Waals surface area contributed by atoms with E-state index in [0.29, 0.717) is 23.3 Å². The molecule has 7 heteroatoms. The third-order valence-corrected chi connectivity index (χ3v) is 5.48. The zero-order chi connectivity index (χ0) is 20.6. The van der Waals surface area contributed by atoms with Crippen molar-refractivity contribution in [1.82, 2.24) is 15.2 Å². The molecular formula is C22H21N3O4. The molecular weight excluding hydrogens is 370 g/mol. The molecule has 1 aromatic heterocycles. The number of nitrogens with one attached hydrogen (secondary N) is 2. The van der Waals surface area contributed by atoms with Crippen molar-refractivity contribution in [3.8, 4) is 5.75 Å². The van der Waals surface area contributed by atoms with Gasteiger partial charge in [-0.05, 0) is 30.2 Å². The molecule has 0 spiro atoms. The van der Waals surface area contributed by atoms with E-state index in [-0.39, 0.29) is 12.3 Å². The van der Waals surface area contributed by atoms with Gasteiger partial charge in [-0.15, -0.1) is 0 Å². The number of para-hydroxylation sites is 1. The summed E-state index contributed by atoms with van der Waals surface area (Å²) in [5, 5.41) is 3.56. The first-order valence-electron chi connectivity index (χ1n) is 9.38. The van der Waals surface area contributed by atoms with Crippen LogP contribution in [0.3, 0.4) is 0 Å². The summed E-state index contributed by atoms with van der Waals surface area (Å²) in [6, 6.07) is 13.8. The Morgan fingerprint density at radius 2 is 1.83 bits per heavy atom. The number of aromatic amines is 1. The number of benzene rings is 2. The van der Waals surface area contributed by atoms with Crippen LogP contribution < -0.4 is 10.1 Å². The van der Waals surface area contributed by atoms with Gasteiger partial charge in [0.2, 0.25) is 0 Å². The number of carbonyl (C=O) groups excluding carboxylic acids is 3. The highest BCUT2D eigenvalue weighted by Gasteiger charge is 2.51. The molecule has 1 atom stereocenters. The van der Waals surface area contributed by atoms with Crippen LogP contribution in [0.4, 0.5) is 4.79 Å². The van der Waals surface area contributed by atoms with Crippen LogP contribution in [-0.4, -0.2) is 41.3 Å². The quantitative estimate of drug-likeness (QED) is 0.499. The monoisotopic (exact) mass is 391 g/mol. The van der Waals surface area contributed by atoms with Crippen molar-refractivity contribution in [2.75, 3.05) is 13.7 Å². The maximum Gasteiger partial charge on any atom is 0.325 e. The van der Waals surface area contributed by atoms with Crippen LogP contribution >= 0.6 is 0 Å². The van der Waals surface area contributed by atoms with Crippen LogP contribution in [0, 0.1) is 0 Å². The summed E-state index contributed by atoms with van der Waals surface area (Å²) in [5.41, 5.74) is 0.749. The van der Waals surface area contributed by atoms with Gasteiger partial charge in [0.1, 0.15) is 11.3 Å². The van der Waals surface area contributed by atoms with Gasteiger partial charge in [0.05, 0.1) is 13.7 Å². The molecule has 2 heterocycles. The average molecular weight is 391 g/mol. The third-order valence-electron chi connectivity index (χ3n) is 5.48. The van der Waals surface area contributed by atoms with Gasteiger partial charge in [-0.25, -0.2) is 4.79 Å². The zero-order valence-corrected chi connectivity index (χ0v) is 16.2. The van der Waals surface area contributed by atoms with Crippen molar-refractivity contribution >= 4 is 28.6 Å². The van der Waals surface area contributed by atoms with Crippen molar-refractivity contribution in [1.29, 1.82) is 0 Å². The highest BCUT2D eigenvalue weighted by Crippen LogP contribution is 2.33. The summed E-state index contributed by atoms with van der Waals surface area (Å²) in [5.74, 6) is -0.0703. The second kappa shape index (κ2) is 7.09. The molecule has 3 aromatic rings. The van der Waals surface area contributed by atoms with E-state index in [4.69, 9.17) is 4.74 Å². The SMILES string of the molecule is CC[C@]1(c2ccc(OC)cc2)NC(=O)N(CC(=O)c2c[nH]c3ccccc23)C1=O. The number of ether oxygens (including phenoxy) is 1. The molecule has 1 saturated heterocycles. The Kier molecular flexibility index (Phi) is 4.58. The Morgan fingerprint density at radius 3 is 2.52 bits per heavy atom. The van der Waals surface area contributed by atoms with Crippen LogP contribution in [-0.2, 0) is 10.3 Å². The molecule has 1 aliphatic heterocycles. The van der Waals surface area contributed by atoms with E-state index in [1.54, 1.807) is 37.6 Å². The second-order valence-electron chi connectivity index (χ2n) is 6.98. The van der Waals surface area contributed by atoms with E-state index in [0.717, 1.165) is 15.8 Å². The summed E-state index contributed by atoms with van der Waals surface area (Å²) < 4.78 is 5.17. The van der Waals surface area contributed by atoms with Gasteiger partial charge in [0.25, 0.3) is 5.91 Å². The number of fused-ring (bicyclic) bond motifs is 1. The minimum atomic E-state index is -1.19. The Labute approximate surface area is 167 Å². The van der Waals surface area contributed by atoms with Crippen LogP contribution in [0.15, 0.2) is 54.7 Å². The van der Waals surface area contributed by atoms with E-state index in [1.807, 2.05) is 31.2 Å². The number of aromatic nitrogens is 1. The third kappa shape index (κ3) is 2.95. The number of urea groups is 1. The summed E-state index contributed by atoms with van der Waals surface area (Å²) in [7, 11) is 1.56. The van der Waals surface area contributed by atoms with Crippen molar-refractivity contribution in [2.24, 2.45) is 0 Å². The van der Waals surface area contributed by atoms with E-state index >= 15 is 0 Å². The predicted octanol–water partition coefficient (Wildman–Crippen LogP) is 3.22.